The third kappa shape index (κ3) is 7.21. The van der Waals surface area contributed by atoms with Crippen LogP contribution in [0.15, 0.2) is 84.5 Å². The van der Waals surface area contributed by atoms with Gasteiger partial charge in [-0.1, -0.05) is 78.6 Å². The first kappa shape index (κ1) is 30.8. The van der Waals surface area contributed by atoms with Gasteiger partial charge in [-0.3, -0.25) is 9.89 Å². The molecule has 10 heteroatoms. The highest BCUT2D eigenvalue weighted by atomic mass is 35.5. The molecule has 4 aromatic rings. The minimum absolute atomic E-state index is 0.111. The van der Waals surface area contributed by atoms with E-state index in [1.807, 2.05) is 60.8 Å². The monoisotopic (exact) mass is 603 g/mol. The summed E-state index contributed by atoms with van der Waals surface area (Å²) >= 11 is 6.46. The van der Waals surface area contributed by atoms with Crippen molar-refractivity contribution in [3.8, 4) is 34.2 Å². The van der Waals surface area contributed by atoms with Gasteiger partial charge in [0.2, 0.25) is 0 Å². The molecule has 0 aliphatic rings. The summed E-state index contributed by atoms with van der Waals surface area (Å²) < 4.78 is 25.9. The minimum Gasteiger partial charge on any atom is -0.347 e. The summed E-state index contributed by atoms with van der Waals surface area (Å²) in [5.41, 5.74) is 4.55. The number of halogens is 1. The topological polar surface area (TPSA) is 109 Å². The first-order valence-electron chi connectivity index (χ1n) is 13.4. The summed E-state index contributed by atoms with van der Waals surface area (Å²) in [5.74, 6) is 5.83. The molecule has 1 amide bonds. The van der Waals surface area contributed by atoms with Crippen LogP contribution in [0.5, 0.6) is 0 Å². The summed E-state index contributed by atoms with van der Waals surface area (Å²) in [6, 6.07) is 19.0. The predicted molar refractivity (Wildman–Crippen MR) is 169 cm³/mol. The molecule has 0 fully saturated rings. The normalized spacial score (nSPS) is 11.5. The number of hydrogen-bond acceptors (Lipinski definition) is 5. The molecule has 4 rings (SSSR count). The van der Waals surface area contributed by atoms with Crippen molar-refractivity contribution in [1.82, 2.24) is 25.4 Å². The standard InChI is InChI=1S/C32H34ClN5O3S/c1-23(42(40,41)32(2,3)4)19-34-16-10-11-17-38-22-25(18-29(38)31(39)35-20-24-12-6-5-7-13-24)30-27(21-36-37-30)26-14-8-9-15-28(26)33/h5-9,12-15,18,21-22,34H,1,16-17,19-20H2,2-4H3,(H,35,39)(H,36,37). The van der Waals surface area contributed by atoms with Gasteiger partial charge in [-0.25, -0.2) is 8.42 Å². The molecule has 0 atom stereocenters. The molecule has 0 aliphatic carbocycles. The number of nitrogens with one attached hydrogen (secondary N) is 3. The lowest BCUT2D eigenvalue weighted by molar-refractivity contribution is 0.0942. The smallest absolute Gasteiger partial charge is 0.268 e. The number of carbonyl (C=O) groups is 1. The number of H-pyrrole nitrogens is 1. The number of carbonyl (C=O) groups excluding carboxylic acids is 1. The van der Waals surface area contributed by atoms with Crippen LogP contribution < -0.4 is 10.6 Å². The zero-order chi connectivity index (χ0) is 30.3. The third-order valence-corrected chi connectivity index (χ3v) is 9.46. The van der Waals surface area contributed by atoms with E-state index in [1.54, 1.807) is 37.6 Å². The van der Waals surface area contributed by atoms with Gasteiger partial charge in [0.25, 0.3) is 5.91 Å². The maximum Gasteiger partial charge on any atom is 0.268 e. The molecule has 0 saturated heterocycles. The number of sulfone groups is 1. The van der Waals surface area contributed by atoms with E-state index < -0.39 is 14.6 Å². The largest absolute Gasteiger partial charge is 0.347 e. The molecule has 3 N–H and O–H groups in total. The predicted octanol–water partition coefficient (Wildman–Crippen LogP) is 5.45. The Kier molecular flexibility index (Phi) is 9.74. The number of aromatic amines is 1. The van der Waals surface area contributed by atoms with E-state index in [9.17, 15) is 13.2 Å². The highest BCUT2D eigenvalue weighted by molar-refractivity contribution is 7.96. The van der Waals surface area contributed by atoms with Crippen molar-refractivity contribution in [3.63, 3.8) is 0 Å². The Bertz CT molecular complexity index is 1740. The fraction of sp³-hybridized carbons (Fsp3) is 0.250. The summed E-state index contributed by atoms with van der Waals surface area (Å²) in [6.07, 6.45) is 3.56. The third-order valence-electron chi connectivity index (χ3n) is 6.61. The summed E-state index contributed by atoms with van der Waals surface area (Å²) in [5, 5.41) is 13.9. The average molecular weight is 604 g/mol. The Morgan fingerprint density at radius 1 is 1.07 bits per heavy atom. The van der Waals surface area contributed by atoms with Gasteiger partial charge in [-0.15, -0.1) is 0 Å². The van der Waals surface area contributed by atoms with E-state index in [0.29, 0.717) is 17.3 Å². The van der Waals surface area contributed by atoms with Crippen LogP contribution in [0.2, 0.25) is 5.02 Å². The maximum absolute atomic E-state index is 13.3. The Balaban J connectivity index is 1.53. The zero-order valence-corrected chi connectivity index (χ0v) is 25.4. The van der Waals surface area contributed by atoms with Gasteiger partial charge in [0, 0.05) is 41.0 Å². The van der Waals surface area contributed by atoms with Gasteiger partial charge < -0.3 is 15.2 Å². The first-order valence-corrected chi connectivity index (χ1v) is 15.2. The molecule has 2 aromatic heterocycles. The molecule has 0 bridgehead atoms. The molecule has 0 unspecified atom stereocenters. The van der Waals surface area contributed by atoms with E-state index in [1.165, 1.54) is 0 Å². The van der Waals surface area contributed by atoms with Crippen molar-refractivity contribution < 1.29 is 13.2 Å². The molecule has 0 radical (unpaired) electrons. The van der Waals surface area contributed by atoms with Crippen LogP contribution in [-0.2, 0) is 22.9 Å². The van der Waals surface area contributed by atoms with Gasteiger partial charge in [0.1, 0.15) is 5.69 Å². The quantitative estimate of drug-likeness (QED) is 0.165. The summed E-state index contributed by atoms with van der Waals surface area (Å²) in [7, 11) is -3.47. The van der Waals surface area contributed by atoms with E-state index in [2.05, 4.69) is 39.3 Å². The lowest BCUT2D eigenvalue weighted by atomic mass is 10.0. The maximum atomic E-state index is 13.3. The summed E-state index contributed by atoms with van der Waals surface area (Å²) in [6.45, 7) is 9.66. The molecular weight excluding hydrogens is 570 g/mol. The molecule has 218 valence electrons. The number of amides is 1. The van der Waals surface area contributed by atoms with E-state index >= 15 is 0 Å². The van der Waals surface area contributed by atoms with Crippen molar-refractivity contribution >= 4 is 27.3 Å². The van der Waals surface area contributed by atoms with Crippen molar-refractivity contribution in [3.05, 3.63) is 101 Å². The zero-order valence-electron chi connectivity index (χ0n) is 23.9. The Hall–Kier alpha value is -4.10. The number of aromatic nitrogens is 3. The van der Waals surface area contributed by atoms with E-state index in [0.717, 1.165) is 27.9 Å². The van der Waals surface area contributed by atoms with E-state index in [4.69, 9.17) is 11.6 Å². The second-order valence-electron chi connectivity index (χ2n) is 10.7. The van der Waals surface area contributed by atoms with Crippen LogP contribution >= 0.6 is 11.6 Å². The van der Waals surface area contributed by atoms with Crippen LogP contribution in [-0.4, -0.2) is 46.9 Å². The lowest BCUT2D eigenvalue weighted by Crippen LogP contribution is -2.32. The van der Waals surface area contributed by atoms with Gasteiger partial charge in [0.15, 0.2) is 9.84 Å². The fourth-order valence-electron chi connectivity index (χ4n) is 4.22. The SMILES string of the molecule is C=C(CNCC#CCn1cc(-c2[nH]ncc2-c2ccccc2Cl)cc1C(=O)NCc1ccccc1)S(=O)(=O)C(C)(C)C. The van der Waals surface area contributed by atoms with Crippen LogP contribution in [0.3, 0.4) is 0 Å². The first-order chi connectivity index (χ1) is 20.0. The van der Waals surface area contributed by atoms with Crippen LogP contribution in [0, 0.1) is 11.8 Å². The second-order valence-corrected chi connectivity index (χ2v) is 13.9. The molecule has 2 aromatic carbocycles. The molecule has 42 heavy (non-hydrogen) atoms. The highest BCUT2D eigenvalue weighted by Gasteiger charge is 2.31. The average Bonchev–Trinajstić information content (AvgIpc) is 3.61. The molecule has 2 heterocycles. The summed E-state index contributed by atoms with van der Waals surface area (Å²) in [4.78, 5) is 13.4. The van der Waals surface area contributed by atoms with Crippen molar-refractivity contribution in [1.29, 1.82) is 0 Å². The molecular formula is C32H34ClN5O3S. The van der Waals surface area contributed by atoms with Crippen LogP contribution in [0.1, 0.15) is 36.8 Å². The Morgan fingerprint density at radius 2 is 1.79 bits per heavy atom. The lowest BCUT2D eigenvalue weighted by Gasteiger charge is -2.20. The fourth-order valence-corrected chi connectivity index (χ4v) is 5.62. The van der Waals surface area contributed by atoms with Crippen molar-refractivity contribution in [2.24, 2.45) is 0 Å². The van der Waals surface area contributed by atoms with Gasteiger partial charge in [-0.2, -0.15) is 5.10 Å². The molecule has 8 nitrogen and oxygen atoms in total. The van der Waals surface area contributed by atoms with Gasteiger partial charge in [0.05, 0.1) is 34.6 Å². The Morgan fingerprint density at radius 3 is 2.50 bits per heavy atom. The number of rotatable bonds is 10. The van der Waals surface area contributed by atoms with Crippen molar-refractivity contribution in [2.45, 2.75) is 38.6 Å². The highest BCUT2D eigenvalue weighted by Crippen LogP contribution is 2.35. The Labute approximate surface area is 252 Å². The number of benzene rings is 2. The number of nitrogens with zero attached hydrogens (tertiary/aromatic N) is 2. The van der Waals surface area contributed by atoms with Crippen LogP contribution in [0.25, 0.3) is 22.4 Å². The van der Waals surface area contributed by atoms with E-state index in [-0.39, 0.29) is 30.4 Å². The minimum atomic E-state index is -3.47. The molecule has 0 aliphatic heterocycles. The van der Waals surface area contributed by atoms with Gasteiger partial charge >= 0.3 is 0 Å². The number of hydrogen-bond donors (Lipinski definition) is 3. The van der Waals surface area contributed by atoms with Crippen molar-refractivity contribution in [2.75, 3.05) is 13.1 Å². The molecule has 0 saturated carbocycles. The molecule has 0 spiro atoms. The second kappa shape index (κ2) is 13.3. The van der Waals surface area contributed by atoms with Gasteiger partial charge in [-0.05, 0) is 38.5 Å². The van der Waals surface area contributed by atoms with Crippen LogP contribution in [0.4, 0.5) is 0 Å².